The molecule has 0 saturated carbocycles. The monoisotopic (exact) mass is 343 g/mol. The molecule has 0 saturated heterocycles. The summed E-state index contributed by atoms with van der Waals surface area (Å²) in [6, 6.07) is 4.03. The van der Waals surface area contributed by atoms with E-state index in [0.717, 1.165) is 27.2 Å². The van der Waals surface area contributed by atoms with Gasteiger partial charge in [-0.25, -0.2) is 9.48 Å². The Labute approximate surface area is 123 Å². The highest BCUT2D eigenvalue weighted by molar-refractivity contribution is 9.11. The van der Waals surface area contributed by atoms with Crippen LogP contribution in [-0.2, 0) is 17.7 Å². The van der Waals surface area contributed by atoms with Gasteiger partial charge < -0.3 is 4.74 Å². The Kier molecular flexibility index (Phi) is 4.71. The number of carbonyl (C=O) groups is 1. The van der Waals surface area contributed by atoms with Crippen molar-refractivity contribution in [3.05, 3.63) is 32.2 Å². The van der Waals surface area contributed by atoms with Gasteiger partial charge in [0.25, 0.3) is 0 Å². The van der Waals surface area contributed by atoms with Gasteiger partial charge in [-0.1, -0.05) is 18.6 Å². The number of hydrogen-bond donors (Lipinski definition) is 0. The molecule has 0 atom stereocenters. The van der Waals surface area contributed by atoms with Gasteiger partial charge in [-0.2, -0.15) is 0 Å². The molecule has 2 rings (SSSR count). The molecule has 2 heterocycles. The third kappa shape index (κ3) is 3.22. The lowest BCUT2D eigenvalue weighted by molar-refractivity contribution is 0.0592. The van der Waals surface area contributed by atoms with Gasteiger partial charge in [-0.05, 0) is 34.5 Å². The number of carbonyl (C=O) groups excluding carboxylic acids is 1. The number of esters is 1. The summed E-state index contributed by atoms with van der Waals surface area (Å²) in [7, 11) is 1.35. The fourth-order valence-corrected chi connectivity index (χ4v) is 3.25. The number of halogens is 1. The number of thiophene rings is 1. The molecule has 0 fully saturated rings. The second-order valence-corrected chi connectivity index (χ2v) is 6.54. The Hall–Kier alpha value is -1.21. The summed E-state index contributed by atoms with van der Waals surface area (Å²) in [4.78, 5) is 12.8. The first-order chi connectivity index (χ1) is 9.15. The lowest BCUT2D eigenvalue weighted by atomic mass is 10.2. The molecule has 19 heavy (non-hydrogen) atoms. The summed E-state index contributed by atoms with van der Waals surface area (Å²) in [5.41, 5.74) is 1.15. The Morgan fingerprint density at radius 3 is 2.89 bits per heavy atom. The Morgan fingerprint density at radius 1 is 1.53 bits per heavy atom. The van der Waals surface area contributed by atoms with Gasteiger partial charge in [0.15, 0.2) is 5.69 Å². The first-order valence-electron chi connectivity index (χ1n) is 5.90. The first-order valence-corrected chi connectivity index (χ1v) is 7.51. The molecule has 0 unspecified atom stereocenters. The lowest BCUT2D eigenvalue weighted by Gasteiger charge is -2.05. The SMILES string of the molecule is CCCc1c(C(=O)OC)nnn1Cc1ccc(Br)s1. The predicted molar refractivity (Wildman–Crippen MR) is 76.5 cm³/mol. The molecule has 0 spiro atoms. The van der Waals surface area contributed by atoms with Crippen LogP contribution >= 0.6 is 27.3 Å². The molecule has 2 aromatic heterocycles. The van der Waals surface area contributed by atoms with Crippen molar-refractivity contribution >= 4 is 33.2 Å². The third-order valence-corrected chi connectivity index (χ3v) is 4.25. The zero-order valence-electron chi connectivity index (χ0n) is 10.7. The molecule has 0 radical (unpaired) electrons. The highest BCUT2D eigenvalue weighted by Crippen LogP contribution is 2.23. The van der Waals surface area contributed by atoms with Crippen LogP contribution in [0.25, 0.3) is 0 Å². The van der Waals surface area contributed by atoms with E-state index in [1.54, 1.807) is 16.0 Å². The molecule has 5 nitrogen and oxygen atoms in total. The summed E-state index contributed by atoms with van der Waals surface area (Å²) in [6.07, 6.45) is 1.68. The molecule has 7 heteroatoms. The van der Waals surface area contributed by atoms with Crippen molar-refractivity contribution in [3.8, 4) is 0 Å². The van der Waals surface area contributed by atoms with Crippen LogP contribution in [0.1, 0.15) is 34.4 Å². The standard InChI is InChI=1S/C12H14BrN3O2S/c1-3-4-9-11(12(17)18-2)14-15-16(9)7-8-5-6-10(13)19-8/h5-6H,3-4,7H2,1-2H3. The molecule has 2 aromatic rings. The van der Waals surface area contributed by atoms with Gasteiger partial charge in [-0.3, -0.25) is 0 Å². The minimum Gasteiger partial charge on any atom is -0.464 e. The molecule has 102 valence electrons. The van der Waals surface area contributed by atoms with Gasteiger partial charge in [0.2, 0.25) is 0 Å². The molecule has 0 aromatic carbocycles. The Balaban J connectivity index is 2.29. The summed E-state index contributed by atoms with van der Waals surface area (Å²) in [6.45, 7) is 2.68. The van der Waals surface area contributed by atoms with Crippen LogP contribution in [0, 0.1) is 0 Å². The number of ether oxygens (including phenoxy) is 1. The van der Waals surface area contributed by atoms with Crippen LogP contribution in [0.5, 0.6) is 0 Å². The van der Waals surface area contributed by atoms with E-state index < -0.39 is 5.97 Å². The highest BCUT2D eigenvalue weighted by atomic mass is 79.9. The average molecular weight is 344 g/mol. The lowest BCUT2D eigenvalue weighted by Crippen LogP contribution is -2.10. The van der Waals surface area contributed by atoms with Crippen molar-refractivity contribution in [2.75, 3.05) is 7.11 Å². The van der Waals surface area contributed by atoms with Crippen LogP contribution in [0.3, 0.4) is 0 Å². The molecule has 0 amide bonds. The maximum Gasteiger partial charge on any atom is 0.360 e. The second kappa shape index (κ2) is 6.29. The zero-order chi connectivity index (χ0) is 13.8. The van der Waals surface area contributed by atoms with Crippen LogP contribution < -0.4 is 0 Å². The summed E-state index contributed by atoms with van der Waals surface area (Å²) in [5.74, 6) is -0.429. The quantitative estimate of drug-likeness (QED) is 0.783. The molecular formula is C12H14BrN3O2S. The fraction of sp³-hybridized carbons (Fsp3) is 0.417. The van der Waals surface area contributed by atoms with E-state index in [-0.39, 0.29) is 0 Å². The number of rotatable bonds is 5. The Bertz CT molecular complexity index is 579. The van der Waals surface area contributed by atoms with Crippen molar-refractivity contribution in [2.45, 2.75) is 26.3 Å². The van der Waals surface area contributed by atoms with E-state index in [9.17, 15) is 4.79 Å². The number of aromatic nitrogens is 3. The minimum atomic E-state index is -0.429. The normalized spacial score (nSPS) is 10.7. The van der Waals surface area contributed by atoms with Crippen LogP contribution in [0.15, 0.2) is 15.9 Å². The van der Waals surface area contributed by atoms with E-state index in [2.05, 4.69) is 33.2 Å². The van der Waals surface area contributed by atoms with Crippen molar-refractivity contribution in [2.24, 2.45) is 0 Å². The summed E-state index contributed by atoms with van der Waals surface area (Å²) >= 11 is 5.08. The zero-order valence-corrected chi connectivity index (χ0v) is 13.1. The number of nitrogens with zero attached hydrogens (tertiary/aromatic N) is 3. The summed E-state index contributed by atoms with van der Waals surface area (Å²) < 4.78 is 7.58. The number of methoxy groups -OCH3 is 1. The second-order valence-electron chi connectivity index (χ2n) is 3.99. The maximum atomic E-state index is 11.6. The van der Waals surface area contributed by atoms with E-state index >= 15 is 0 Å². The van der Waals surface area contributed by atoms with E-state index in [0.29, 0.717) is 12.2 Å². The van der Waals surface area contributed by atoms with Crippen molar-refractivity contribution in [3.63, 3.8) is 0 Å². The largest absolute Gasteiger partial charge is 0.464 e. The van der Waals surface area contributed by atoms with Crippen molar-refractivity contribution in [1.82, 2.24) is 15.0 Å². The van der Waals surface area contributed by atoms with Gasteiger partial charge >= 0.3 is 5.97 Å². The van der Waals surface area contributed by atoms with E-state index in [4.69, 9.17) is 4.74 Å². The van der Waals surface area contributed by atoms with Crippen LogP contribution in [0.2, 0.25) is 0 Å². The average Bonchev–Trinajstić information content (AvgIpc) is 2.97. The van der Waals surface area contributed by atoms with Crippen molar-refractivity contribution < 1.29 is 9.53 Å². The highest BCUT2D eigenvalue weighted by Gasteiger charge is 2.19. The molecule has 0 N–H and O–H groups in total. The minimum absolute atomic E-state index is 0.319. The summed E-state index contributed by atoms with van der Waals surface area (Å²) in [5, 5.41) is 8.01. The van der Waals surface area contributed by atoms with Gasteiger partial charge in [-0.15, -0.1) is 16.4 Å². The van der Waals surface area contributed by atoms with Gasteiger partial charge in [0, 0.05) is 4.88 Å². The predicted octanol–water partition coefficient (Wildman–Crippen LogP) is 2.89. The Morgan fingerprint density at radius 2 is 2.32 bits per heavy atom. The van der Waals surface area contributed by atoms with Crippen LogP contribution in [-0.4, -0.2) is 28.1 Å². The number of hydrogen-bond acceptors (Lipinski definition) is 5. The van der Waals surface area contributed by atoms with Gasteiger partial charge in [0.1, 0.15) is 0 Å². The fourth-order valence-electron chi connectivity index (χ4n) is 1.78. The third-order valence-electron chi connectivity index (χ3n) is 2.64. The molecule has 0 aliphatic heterocycles. The molecular weight excluding hydrogens is 330 g/mol. The van der Waals surface area contributed by atoms with Crippen LogP contribution in [0.4, 0.5) is 0 Å². The maximum absolute atomic E-state index is 11.6. The smallest absolute Gasteiger partial charge is 0.360 e. The van der Waals surface area contributed by atoms with Crippen molar-refractivity contribution in [1.29, 1.82) is 0 Å². The molecule has 0 bridgehead atoms. The topological polar surface area (TPSA) is 57.0 Å². The molecule has 0 aliphatic carbocycles. The van der Waals surface area contributed by atoms with E-state index in [1.807, 2.05) is 12.1 Å². The first kappa shape index (κ1) is 14.2. The van der Waals surface area contributed by atoms with Gasteiger partial charge in [0.05, 0.1) is 23.1 Å². The van der Waals surface area contributed by atoms with E-state index in [1.165, 1.54) is 7.11 Å². The molecule has 0 aliphatic rings.